The molecular weight excluding hydrogens is 162 g/mol. The molecule has 2 N–H and O–H groups in total. The molecule has 0 spiro atoms. The maximum Gasteiger partial charge on any atom is 0.0195 e. The molecule has 2 aliphatic rings. The zero-order valence-electron chi connectivity index (χ0n) is 8.55. The Labute approximate surface area is 80.9 Å². The van der Waals surface area contributed by atoms with Crippen LogP contribution in [0.3, 0.4) is 0 Å². The van der Waals surface area contributed by atoms with E-state index in [1.54, 1.807) is 0 Å². The molecule has 0 aromatic heterocycles. The summed E-state index contributed by atoms with van der Waals surface area (Å²) in [6, 6.07) is 1.48. The molecule has 0 amide bonds. The van der Waals surface area contributed by atoms with E-state index < -0.39 is 0 Å². The largest absolute Gasteiger partial charge is 0.314 e. The molecule has 0 radical (unpaired) electrons. The van der Waals surface area contributed by atoms with E-state index in [1.165, 1.54) is 32.5 Å². The van der Waals surface area contributed by atoms with Crippen molar-refractivity contribution in [2.24, 2.45) is 0 Å². The van der Waals surface area contributed by atoms with Crippen LogP contribution in [0.15, 0.2) is 0 Å². The summed E-state index contributed by atoms with van der Waals surface area (Å²) < 4.78 is 0. The summed E-state index contributed by atoms with van der Waals surface area (Å²) in [6.45, 7) is 8.35. The topological polar surface area (TPSA) is 27.3 Å². The lowest BCUT2D eigenvalue weighted by Gasteiger charge is -2.35. The number of rotatable bonds is 2. The first-order chi connectivity index (χ1) is 6.36. The number of hydrogen-bond acceptors (Lipinski definition) is 3. The van der Waals surface area contributed by atoms with Crippen molar-refractivity contribution in [2.45, 2.75) is 31.8 Å². The van der Waals surface area contributed by atoms with Crippen LogP contribution in [-0.2, 0) is 0 Å². The number of nitrogens with zero attached hydrogens (tertiary/aromatic N) is 1. The molecule has 2 unspecified atom stereocenters. The molecule has 2 atom stereocenters. The van der Waals surface area contributed by atoms with Gasteiger partial charge in [-0.25, -0.2) is 0 Å². The highest BCUT2D eigenvalue weighted by Crippen LogP contribution is 2.10. The van der Waals surface area contributed by atoms with Crippen molar-refractivity contribution in [3.63, 3.8) is 0 Å². The predicted molar refractivity (Wildman–Crippen MR) is 54.9 cm³/mol. The van der Waals surface area contributed by atoms with Gasteiger partial charge in [0.15, 0.2) is 0 Å². The Kier molecular flexibility index (Phi) is 3.19. The third kappa shape index (κ3) is 2.42. The Morgan fingerprint density at radius 2 is 2.31 bits per heavy atom. The van der Waals surface area contributed by atoms with Gasteiger partial charge in [-0.3, -0.25) is 4.90 Å². The SMILES string of the molecule is CC1CNCCN1CC1CCCN1. The summed E-state index contributed by atoms with van der Waals surface area (Å²) in [5.74, 6) is 0. The van der Waals surface area contributed by atoms with E-state index in [0.717, 1.165) is 25.2 Å². The quantitative estimate of drug-likeness (QED) is 0.632. The van der Waals surface area contributed by atoms with Gasteiger partial charge in [0, 0.05) is 38.3 Å². The summed E-state index contributed by atoms with van der Waals surface area (Å²) in [7, 11) is 0. The highest BCUT2D eigenvalue weighted by molar-refractivity contribution is 4.83. The summed E-state index contributed by atoms with van der Waals surface area (Å²) in [5.41, 5.74) is 0. The lowest BCUT2D eigenvalue weighted by atomic mass is 10.1. The monoisotopic (exact) mass is 183 g/mol. The zero-order valence-corrected chi connectivity index (χ0v) is 8.55. The summed E-state index contributed by atoms with van der Waals surface area (Å²) in [6.07, 6.45) is 2.74. The normalized spacial score (nSPS) is 36.7. The van der Waals surface area contributed by atoms with Crippen molar-refractivity contribution in [3.05, 3.63) is 0 Å². The van der Waals surface area contributed by atoms with E-state index in [4.69, 9.17) is 0 Å². The van der Waals surface area contributed by atoms with Gasteiger partial charge in [-0.2, -0.15) is 0 Å². The molecule has 0 saturated carbocycles. The molecule has 0 bridgehead atoms. The fraction of sp³-hybridized carbons (Fsp3) is 1.00. The van der Waals surface area contributed by atoms with Crippen LogP contribution in [0, 0.1) is 0 Å². The van der Waals surface area contributed by atoms with Crippen molar-refractivity contribution in [2.75, 3.05) is 32.7 Å². The Bertz CT molecular complexity index is 154. The van der Waals surface area contributed by atoms with Gasteiger partial charge in [-0.1, -0.05) is 0 Å². The van der Waals surface area contributed by atoms with Crippen molar-refractivity contribution in [1.29, 1.82) is 0 Å². The third-order valence-corrected chi connectivity index (χ3v) is 3.26. The van der Waals surface area contributed by atoms with E-state index >= 15 is 0 Å². The standard InChI is InChI=1S/C10H21N3/c1-9-7-11-5-6-13(9)8-10-3-2-4-12-10/h9-12H,2-8H2,1H3. The molecule has 3 heteroatoms. The molecule has 2 rings (SSSR count). The minimum atomic E-state index is 0.719. The van der Waals surface area contributed by atoms with Crippen LogP contribution < -0.4 is 10.6 Å². The molecule has 2 heterocycles. The van der Waals surface area contributed by atoms with Crippen molar-refractivity contribution in [3.8, 4) is 0 Å². The lowest BCUT2D eigenvalue weighted by Crippen LogP contribution is -2.53. The average Bonchev–Trinajstić information content (AvgIpc) is 2.61. The van der Waals surface area contributed by atoms with Crippen LogP contribution in [-0.4, -0.2) is 49.7 Å². The molecular formula is C10H21N3. The minimum Gasteiger partial charge on any atom is -0.314 e. The van der Waals surface area contributed by atoms with Crippen molar-refractivity contribution in [1.82, 2.24) is 15.5 Å². The van der Waals surface area contributed by atoms with E-state index in [1.807, 2.05) is 0 Å². The third-order valence-electron chi connectivity index (χ3n) is 3.26. The predicted octanol–water partition coefficient (Wildman–Crippen LogP) is 0.0321. The molecule has 2 aliphatic heterocycles. The van der Waals surface area contributed by atoms with E-state index in [2.05, 4.69) is 22.5 Å². The summed E-state index contributed by atoms with van der Waals surface area (Å²) in [4.78, 5) is 2.61. The van der Waals surface area contributed by atoms with Crippen LogP contribution in [0.4, 0.5) is 0 Å². The average molecular weight is 183 g/mol. The first-order valence-corrected chi connectivity index (χ1v) is 5.54. The van der Waals surface area contributed by atoms with Crippen LogP contribution in [0.25, 0.3) is 0 Å². The fourth-order valence-corrected chi connectivity index (χ4v) is 2.35. The number of hydrogen-bond donors (Lipinski definition) is 2. The molecule has 3 nitrogen and oxygen atoms in total. The van der Waals surface area contributed by atoms with Gasteiger partial charge in [0.25, 0.3) is 0 Å². The Hall–Kier alpha value is -0.120. The zero-order chi connectivity index (χ0) is 9.10. The van der Waals surface area contributed by atoms with Crippen molar-refractivity contribution >= 4 is 0 Å². The second-order valence-electron chi connectivity index (χ2n) is 4.34. The first kappa shape index (κ1) is 9.44. The van der Waals surface area contributed by atoms with Gasteiger partial charge in [0.05, 0.1) is 0 Å². The second kappa shape index (κ2) is 4.40. The van der Waals surface area contributed by atoms with E-state index in [0.29, 0.717) is 0 Å². The molecule has 2 fully saturated rings. The summed E-state index contributed by atoms with van der Waals surface area (Å²) in [5, 5.41) is 6.99. The maximum absolute atomic E-state index is 3.56. The maximum atomic E-state index is 3.56. The van der Waals surface area contributed by atoms with Crippen molar-refractivity contribution < 1.29 is 0 Å². The van der Waals surface area contributed by atoms with Gasteiger partial charge in [0.2, 0.25) is 0 Å². The highest BCUT2D eigenvalue weighted by Gasteiger charge is 2.22. The van der Waals surface area contributed by atoms with Crippen LogP contribution >= 0.6 is 0 Å². The Balaban J connectivity index is 1.78. The Morgan fingerprint density at radius 3 is 3.00 bits per heavy atom. The Morgan fingerprint density at radius 1 is 1.38 bits per heavy atom. The van der Waals surface area contributed by atoms with Gasteiger partial charge in [-0.05, 0) is 26.3 Å². The van der Waals surface area contributed by atoms with Crippen LogP contribution in [0.5, 0.6) is 0 Å². The molecule has 76 valence electrons. The summed E-state index contributed by atoms with van der Waals surface area (Å²) >= 11 is 0. The van der Waals surface area contributed by atoms with E-state index in [-0.39, 0.29) is 0 Å². The minimum absolute atomic E-state index is 0.719. The lowest BCUT2D eigenvalue weighted by molar-refractivity contribution is 0.160. The van der Waals surface area contributed by atoms with Gasteiger partial charge in [-0.15, -0.1) is 0 Å². The van der Waals surface area contributed by atoms with Crippen LogP contribution in [0.2, 0.25) is 0 Å². The molecule has 0 aliphatic carbocycles. The number of nitrogens with one attached hydrogen (secondary N) is 2. The van der Waals surface area contributed by atoms with E-state index in [9.17, 15) is 0 Å². The van der Waals surface area contributed by atoms with Gasteiger partial charge in [0.1, 0.15) is 0 Å². The van der Waals surface area contributed by atoms with Gasteiger partial charge < -0.3 is 10.6 Å². The molecule has 0 aromatic carbocycles. The molecule has 2 saturated heterocycles. The van der Waals surface area contributed by atoms with Gasteiger partial charge >= 0.3 is 0 Å². The van der Waals surface area contributed by atoms with Crippen LogP contribution in [0.1, 0.15) is 19.8 Å². The smallest absolute Gasteiger partial charge is 0.0195 e. The second-order valence-corrected chi connectivity index (χ2v) is 4.34. The highest BCUT2D eigenvalue weighted by atomic mass is 15.2. The molecule has 0 aromatic rings. The molecule has 13 heavy (non-hydrogen) atoms. The number of piperazine rings is 1. The fourth-order valence-electron chi connectivity index (χ4n) is 2.35. The first-order valence-electron chi connectivity index (χ1n) is 5.54.